The molecule has 1 N–H and O–H groups in total. The largest absolute Gasteiger partial charge is 0.497 e. The molecular formula is C13H13IN4O2. The summed E-state index contributed by atoms with van der Waals surface area (Å²) in [5.74, 6) is 0.397. The number of hydrogen-bond donors (Lipinski definition) is 1. The van der Waals surface area contributed by atoms with Gasteiger partial charge in [0.2, 0.25) is 0 Å². The van der Waals surface area contributed by atoms with Crippen molar-refractivity contribution in [3.63, 3.8) is 0 Å². The summed E-state index contributed by atoms with van der Waals surface area (Å²) in [5.41, 5.74) is 3.64. The van der Waals surface area contributed by atoms with E-state index in [-0.39, 0.29) is 5.91 Å². The molecule has 0 radical (unpaired) electrons. The van der Waals surface area contributed by atoms with Crippen LogP contribution < -0.4 is 10.2 Å². The summed E-state index contributed by atoms with van der Waals surface area (Å²) in [6.45, 7) is 0. The van der Waals surface area contributed by atoms with Crippen LogP contribution in [0.5, 0.6) is 5.75 Å². The number of carbonyl (C=O) groups is 1. The van der Waals surface area contributed by atoms with Crippen molar-refractivity contribution >= 4 is 34.7 Å². The van der Waals surface area contributed by atoms with Gasteiger partial charge in [-0.05, 0) is 40.3 Å². The minimum atomic E-state index is -0.339. The molecule has 20 heavy (non-hydrogen) atoms. The van der Waals surface area contributed by atoms with E-state index in [1.54, 1.807) is 31.3 Å². The molecule has 0 bridgehead atoms. The highest BCUT2D eigenvalue weighted by molar-refractivity contribution is 14.1. The fourth-order valence-corrected chi connectivity index (χ4v) is 2.31. The van der Waals surface area contributed by atoms with Crippen molar-refractivity contribution in [3.05, 3.63) is 45.3 Å². The highest BCUT2D eigenvalue weighted by Crippen LogP contribution is 2.11. The number of carbonyl (C=O) groups excluding carboxylic acids is 1. The van der Waals surface area contributed by atoms with Gasteiger partial charge in [-0.25, -0.2) is 5.43 Å². The van der Waals surface area contributed by atoms with E-state index >= 15 is 0 Å². The van der Waals surface area contributed by atoms with Gasteiger partial charge in [0.15, 0.2) is 5.69 Å². The Kier molecular flexibility index (Phi) is 4.72. The summed E-state index contributed by atoms with van der Waals surface area (Å²) in [6.07, 6.45) is 3.32. The van der Waals surface area contributed by atoms with Gasteiger partial charge in [0.05, 0.1) is 16.9 Å². The maximum absolute atomic E-state index is 11.9. The molecule has 0 unspecified atom stereocenters. The second-order valence-electron chi connectivity index (χ2n) is 3.98. The lowest BCUT2D eigenvalue weighted by Crippen LogP contribution is -2.19. The molecule has 1 amide bonds. The minimum absolute atomic E-state index is 0.339. The van der Waals surface area contributed by atoms with Crippen molar-refractivity contribution in [2.75, 3.05) is 7.11 Å². The normalized spacial score (nSPS) is 10.8. The van der Waals surface area contributed by atoms with E-state index in [0.717, 1.165) is 14.9 Å². The number of methoxy groups -OCH3 is 1. The Morgan fingerprint density at radius 2 is 2.35 bits per heavy atom. The predicted octanol–water partition coefficient (Wildman–Crippen LogP) is 1.80. The number of benzene rings is 1. The zero-order valence-corrected chi connectivity index (χ0v) is 13.2. The Bertz CT molecular complexity index is 652. The van der Waals surface area contributed by atoms with Crippen LogP contribution in [0.3, 0.4) is 0 Å². The molecule has 0 fully saturated rings. The minimum Gasteiger partial charge on any atom is -0.497 e. The zero-order chi connectivity index (χ0) is 14.5. The van der Waals surface area contributed by atoms with Gasteiger partial charge in [-0.1, -0.05) is 12.1 Å². The van der Waals surface area contributed by atoms with E-state index in [1.165, 1.54) is 0 Å². The van der Waals surface area contributed by atoms with Crippen molar-refractivity contribution in [2.24, 2.45) is 12.1 Å². The first kappa shape index (κ1) is 14.5. The van der Waals surface area contributed by atoms with E-state index in [9.17, 15) is 4.79 Å². The molecule has 7 heteroatoms. The summed E-state index contributed by atoms with van der Waals surface area (Å²) < 4.78 is 7.47. The van der Waals surface area contributed by atoms with Crippen LogP contribution in [0, 0.1) is 3.57 Å². The molecule has 0 atom stereocenters. The van der Waals surface area contributed by atoms with Crippen LogP contribution >= 0.6 is 22.6 Å². The molecule has 104 valence electrons. The molecule has 1 aromatic carbocycles. The van der Waals surface area contributed by atoms with Crippen molar-refractivity contribution < 1.29 is 9.53 Å². The highest BCUT2D eigenvalue weighted by atomic mass is 127. The number of hydrazone groups is 1. The summed E-state index contributed by atoms with van der Waals surface area (Å²) >= 11 is 2.06. The average Bonchev–Trinajstić information content (AvgIpc) is 2.78. The Morgan fingerprint density at radius 3 is 3.00 bits per heavy atom. The Labute approximate surface area is 130 Å². The molecule has 0 spiro atoms. The predicted molar refractivity (Wildman–Crippen MR) is 84.0 cm³/mol. The molecule has 6 nitrogen and oxygen atoms in total. The van der Waals surface area contributed by atoms with E-state index in [2.05, 4.69) is 38.2 Å². The van der Waals surface area contributed by atoms with Crippen molar-refractivity contribution in [1.29, 1.82) is 0 Å². The Hall–Kier alpha value is -1.90. The summed E-state index contributed by atoms with van der Waals surface area (Å²) in [7, 11) is 3.36. The van der Waals surface area contributed by atoms with Gasteiger partial charge in [0.25, 0.3) is 5.91 Å². The maximum atomic E-state index is 11.9. The average molecular weight is 384 g/mol. The lowest BCUT2D eigenvalue weighted by molar-refractivity contribution is 0.0948. The number of nitrogens with zero attached hydrogens (tertiary/aromatic N) is 3. The molecule has 0 aliphatic heterocycles. The molecule has 0 aliphatic rings. The van der Waals surface area contributed by atoms with Gasteiger partial charge in [-0.15, -0.1) is 0 Å². The fraction of sp³-hybridized carbons (Fsp3) is 0.154. The van der Waals surface area contributed by atoms with Gasteiger partial charge < -0.3 is 4.74 Å². The van der Waals surface area contributed by atoms with E-state index in [4.69, 9.17) is 4.74 Å². The molecular weight excluding hydrogens is 371 g/mol. The fourth-order valence-electron chi connectivity index (χ4n) is 1.55. The smallest absolute Gasteiger partial charge is 0.292 e. The first-order valence-corrected chi connectivity index (χ1v) is 6.84. The number of nitrogens with one attached hydrogen (secondary N) is 1. The van der Waals surface area contributed by atoms with E-state index in [0.29, 0.717) is 5.69 Å². The summed E-state index contributed by atoms with van der Waals surface area (Å²) in [4.78, 5) is 11.9. The van der Waals surface area contributed by atoms with E-state index in [1.807, 2.05) is 24.3 Å². The molecule has 0 saturated heterocycles. The Balaban J connectivity index is 2.02. The zero-order valence-electron chi connectivity index (χ0n) is 11.0. The number of hydrogen-bond acceptors (Lipinski definition) is 4. The molecule has 2 rings (SSSR count). The lowest BCUT2D eigenvalue weighted by atomic mass is 10.2. The topological polar surface area (TPSA) is 68.5 Å². The highest BCUT2D eigenvalue weighted by Gasteiger charge is 2.13. The van der Waals surface area contributed by atoms with Gasteiger partial charge in [0.1, 0.15) is 5.75 Å². The number of ether oxygens (including phenoxy) is 1. The first-order valence-electron chi connectivity index (χ1n) is 5.77. The summed E-state index contributed by atoms with van der Waals surface area (Å²) in [6, 6.07) is 7.37. The van der Waals surface area contributed by atoms with Gasteiger partial charge >= 0.3 is 0 Å². The summed E-state index contributed by atoms with van der Waals surface area (Å²) in [5, 5.41) is 7.98. The van der Waals surface area contributed by atoms with Gasteiger partial charge in [-0.2, -0.15) is 10.2 Å². The molecule has 1 aromatic heterocycles. The number of halogens is 1. The number of aromatic nitrogens is 2. The van der Waals surface area contributed by atoms with Crippen LogP contribution in [-0.2, 0) is 7.05 Å². The first-order chi connectivity index (χ1) is 9.60. The number of aryl methyl sites for hydroxylation is 1. The quantitative estimate of drug-likeness (QED) is 0.497. The SMILES string of the molecule is COc1cccc(/C=N\NC(=O)c2nn(C)cc2I)c1. The molecule has 0 saturated carbocycles. The maximum Gasteiger partial charge on any atom is 0.292 e. The van der Waals surface area contributed by atoms with Crippen molar-refractivity contribution in [1.82, 2.24) is 15.2 Å². The van der Waals surface area contributed by atoms with Gasteiger partial charge in [-0.3, -0.25) is 9.48 Å². The Morgan fingerprint density at radius 1 is 1.55 bits per heavy atom. The third kappa shape index (κ3) is 3.56. The van der Waals surface area contributed by atoms with Gasteiger partial charge in [0, 0.05) is 13.2 Å². The second kappa shape index (κ2) is 6.51. The lowest BCUT2D eigenvalue weighted by Gasteiger charge is -2.00. The van der Waals surface area contributed by atoms with Crippen LogP contribution in [0.1, 0.15) is 16.1 Å². The molecule has 0 aliphatic carbocycles. The van der Waals surface area contributed by atoms with Crippen molar-refractivity contribution in [2.45, 2.75) is 0 Å². The third-order valence-corrected chi connectivity index (χ3v) is 3.26. The number of rotatable bonds is 4. The van der Waals surface area contributed by atoms with Crippen LogP contribution in [-0.4, -0.2) is 29.0 Å². The standard InChI is InChI=1S/C13H13IN4O2/c1-18-8-11(14)12(17-18)13(19)16-15-7-9-4-3-5-10(6-9)20-2/h3-8H,1-2H3,(H,16,19)/b15-7-. The van der Waals surface area contributed by atoms with Crippen LogP contribution in [0.25, 0.3) is 0 Å². The van der Waals surface area contributed by atoms with E-state index < -0.39 is 0 Å². The molecule has 2 aromatic rings. The third-order valence-electron chi connectivity index (χ3n) is 2.47. The number of amides is 1. The molecule has 1 heterocycles. The van der Waals surface area contributed by atoms with Crippen LogP contribution in [0.2, 0.25) is 0 Å². The van der Waals surface area contributed by atoms with Crippen LogP contribution in [0.15, 0.2) is 35.6 Å². The van der Waals surface area contributed by atoms with Crippen LogP contribution in [0.4, 0.5) is 0 Å². The monoisotopic (exact) mass is 384 g/mol. The van der Waals surface area contributed by atoms with Crippen molar-refractivity contribution in [3.8, 4) is 5.75 Å². The second-order valence-corrected chi connectivity index (χ2v) is 5.14.